The molecule has 1 unspecified atom stereocenters. The third kappa shape index (κ3) is 5.49. The van der Waals surface area contributed by atoms with E-state index in [0.29, 0.717) is 12.6 Å². The van der Waals surface area contributed by atoms with E-state index < -0.39 is 5.97 Å². The molecule has 19 heavy (non-hydrogen) atoms. The number of carbonyl (C=O) groups is 2. The Hall–Kier alpha value is -1.26. The highest BCUT2D eigenvalue weighted by Crippen LogP contribution is 2.26. The van der Waals surface area contributed by atoms with Crippen molar-refractivity contribution in [3.8, 4) is 0 Å². The van der Waals surface area contributed by atoms with Crippen LogP contribution in [0.2, 0.25) is 0 Å². The van der Waals surface area contributed by atoms with E-state index in [1.54, 1.807) is 4.90 Å². The summed E-state index contributed by atoms with van der Waals surface area (Å²) < 4.78 is 0. The Morgan fingerprint density at radius 1 is 1.32 bits per heavy atom. The standard InChI is InChI=1S/C14H26N2O3/c1-10-4-6-12(7-5-10)16(3)14(19)15-9-11(2)8-13(17)18/h10-12H,4-9H2,1-3H3,(H,15,19)(H,17,18). The molecule has 0 heterocycles. The maximum absolute atomic E-state index is 12.0. The SMILES string of the molecule is CC1CCC(N(C)C(=O)NCC(C)CC(=O)O)CC1. The molecule has 1 aliphatic carbocycles. The molecule has 1 aliphatic rings. The van der Waals surface area contributed by atoms with Gasteiger partial charge in [0.1, 0.15) is 0 Å². The number of hydrogen-bond donors (Lipinski definition) is 2. The lowest BCUT2D eigenvalue weighted by Gasteiger charge is -2.33. The molecule has 5 heteroatoms. The van der Waals surface area contributed by atoms with Crippen molar-refractivity contribution in [3.63, 3.8) is 0 Å². The summed E-state index contributed by atoms with van der Waals surface area (Å²) in [5.74, 6) is -0.0964. The number of aliphatic carboxylic acids is 1. The largest absolute Gasteiger partial charge is 0.481 e. The molecular formula is C14H26N2O3. The number of carboxylic acid groups (broad SMARTS) is 1. The molecule has 1 atom stereocenters. The first kappa shape index (κ1) is 15.8. The average molecular weight is 270 g/mol. The van der Waals surface area contributed by atoms with E-state index in [1.165, 1.54) is 12.8 Å². The summed E-state index contributed by atoms with van der Waals surface area (Å²) in [6, 6.07) is 0.239. The molecule has 0 radical (unpaired) electrons. The van der Waals surface area contributed by atoms with Crippen molar-refractivity contribution in [1.82, 2.24) is 10.2 Å². The molecule has 2 amide bonds. The van der Waals surface area contributed by atoms with E-state index in [9.17, 15) is 9.59 Å². The number of urea groups is 1. The van der Waals surface area contributed by atoms with Crippen LogP contribution in [0.4, 0.5) is 4.79 Å². The number of nitrogens with zero attached hydrogens (tertiary/aromatic N) is 1. The minimum Gasteiger partial charge on any atom is -0.481 e. The first-order valence-electron chi connectivity index (χ1n) is 7.12. The highest BCUT2D eigenvalue weighted by atomic mass is 16.4. The van der Waals surface area contributed by atoms with Crippen molar-refractivity contribution in [3.05, 3.63) is 0 Å². The predicted molar refractivity (Wildman–Crippen MR) is 74.0 cm³/mol. The zero-order chi connectivity index (χ0) is 14.4. The highest BCUT2D eigenvalue weighted by molar-refractivity contribution is 5.74. The molecule has 1 fully saturated rings. The second kappa shape index (κ2) is 7.36. The van der Waals surface area contributed by atoms with Crippen LogP contribution in [-0.2, 0) is 4.79 Å². The third-order valence-electron chi connectivity index (χ3n) is 3.98. The van der Waals surface area contributed by atoms with Gasteiger partial charge in [0, 0.05) is 26.1 Å². The van der Waals surface area contributed by atoms with Crippen molar-refractivity contribution in [2.24, 2.45) is 11.8 Å². The average Bonchev–Trinajstić information content (AvgIpc) is 2.35. The third-order valence-corrected chi connectivity index (χ3v) is 3.98. The van der Waals surface area contributed by atoms with Gasteiger partial charge in [-0.05, 0) is 37.5 Å². The van der Waals surface area contributed by atoms with Crippen LogP contribution in [0.3, 0.4) is 0 Å². The van der Waals surface area contributed by atoms with Crippen molar-refractivity contribution in [2.75, 3.05) is 13.6 Å². The molecule has 0 aromatic rings. The summed E-state index contributed by atoms with van der Waals surface area (Å²) in [5, 5.41) is 11.5. The summed E-state index contributed by atoms with van der Waals surface area (Å²) in [7, 11) is 1.83. The maximum Gasteiger partial charge on any atom is 0.317 e. The van der Waals surface area contributed by atoms with Crippen molar-refractivity contribution in [2.45, 2.75) is 52.0 Å². The van der Waals surface area contributed by atoms with Gasteiger partial charge in [0.25, 0.3) is 0 Å². The maximum atomic E-state index is 12.0. The smallest absolute Gasteiger partial charge is 0.317 e. The molecular weight excluding hydrogens is 244 g/mol. The van der Waals surface area contributed by atoms with Crippen molar-refractivity contribution in [1.29, 1.82) is 0 Å². The quantitative estimate of drug-likeness (QED) is 0.805. The van der Waals surface area contributed by atoms with Crippen LogP contribution < -0.4 is 5.32 Å². The molecule has 0 bridgehead atoms. The molecule has 2 N–H and O–H groups in total. The number of hydrogen-bond acceptors (Lipinski definition) is 2. The van der Waals surface area contributed by atoms with Crippen LogP contribution in [0.5, 0.6) is 0 Å². The normalized spacial score (nSPS) is 24.6. The summed E-state index contributed by atoms with van der Waals surface area (Å²) in [6.45, 7) is 4.50. The lowest BCUT2D eigenvalue weighted by atomic mass is 9.87. The minimum absolute atomic E-state index is 0.0405. The van der Waals surface area contributed by atoms with Crippen LogP contribution in [0, 0.1) is 11.8 Å². The number of carbonyl (C=O) groups excluding carboxylic acids is 1. The molecule has 0 spiro atoms. The highest BCUT2D eigenvalue weighted by Gasteiger charge is 2.24. The number of rotatable bonds is 5. The number of amides is 2. The minimum atomic E-state index is -0.823. The fraction of sp³-hybridized carbons (Fsp3) is 0.857. The van der Waals surface area contributed by atoms with E-state index in [-0.39, 0.29) is 18.4 Å². The summed E-state index contributed by atoms with van der Waals surface area (Å²) >= 11 is 0. The second-order valence-corrected chi connectivity index (χ2v) is 5.91. The van der Waals surface area contributed by atoms with E-state index in [0.717, 1.165) is 18.8 Å². The molecule has 5 nitrogen and oxygen atoms in total. The molecule has 0 saturated heterocycles. The van der Waals surface area contributed by atoms with Gasteiger partial charge in [-0.25, -0.2) is 4.79 Å². The van der Waals surface area contributed by atoms with Crippen LogP contribution in [0.15, 0.2) is 0 Å². The Bertz CT molecular complexity index is 312. The first-order chi connectivity index (χ1) is 8.90. The topological polar surface area (TPSA) is 69.6 Å². The Morgan fingerprint density at radius 2 is 1.89 bits per heavy atom. The molecule has 0 aromatic heterocycles. The van der Waals surface area contributed by atoms with Gasteiger partial charge in [-0.15, -0.1) is 0 Å². The zero-order valence-electron chi connectivity index (χ0n) is 12.2. The van der Waals surface area contributed by atoms with E-state index in [4.69, 9.17) is 5.11 Å². The van der Waals surface area contributed by atoms with E-state index >= 15 is 0 Å². The Kier molecular flexibility index (Phi) is 6.12. The van der Waals surface area contributed by atoms with Crippen LogP contribution in [0.1, 0.15) is 46.0 Å². The summed E-state index contributed by atoms with van der Waals surface area (Å²) in [4.78, 5) is 24.3. The Labute approximate surface area is 115 Å². The van der Waals surface area contributed by atoms with Crippen molar-refractivity contribution >= 4 is 12.0 Å². The monoisotopic (exact) mass is 270 g/mol. The van der Waals surface area contributed by atoms with Gasteiger partial charge in [-0.3, -0.25) is 4.79 Å². The summed E-state index contributed by atoms with van der Waals surface area (Å²) in [6.07, 6.45) is 4.58. The molecule has 0 aliphatic heterocycles. The lowest BCUT2D eigenvalue weighted by Crippen LogP contribution is -2.46. The zero-order valence-corrected chi connectivity index (χ0v) is 12.2. The lowest BCUT2D eigenvalue weighted by molar-refractivity contribution is -0.137. The second-order valence-electron chi connectivity index (χ2n) is 5.91. The van der Waals surface area contributed by atoms with E-state index in [1.807, 2.05) is 14.0 Å². The number of nitrogens with one attached hydrogen (secondary N) is 1. The molecule has 1 rings (SSSR count). The van der Waals surface area contributed by atoms with Crippen LogP contribution in [0.25, 0.3) is 0 Å². The van der Waals surface area contributed by atoms with Crippen molar-refractivity contribution < 1.29 is 14.7 Å². The van der Waals surface area contributed by atoms with Gasteiger partial charge in [0.2, 0.25) is 0 Å². The van der Waals surface area contributed by atoms with Crippen LogP contribution in [-0.4, -0.2) is 41.6 Å². The molecule has 0 aromatic carbocycles. The van der Waals surface area contributed by atoms with Gasteiger partial charge in [-0.2, -0.15) is 0 Å². The Balaban J connectivity index is 2.30. The Morgan fingerprint density at radius 3 is 2.42 bits per heavy atom. The fourth-order valence-corrected chi connectivity index (χ4v) is 2.55. The van der Waals surface area contributed by atoms with Gasteiger partial charge >= 0.3 is 12.0 Å². The van der Waals surface area contributed by atoms with Gasteiger partial charge in [-0.1, -0.05) is 13.8 Å². The summed E-state index contributed by atoms with van der Waals surface area (Å²) in [5.41, 5.74) is 0. The van der Waals surface area contributed by atoms with Gasteiger partial charge < -0.3 is 15.3 Å². The molecule has 1 saturated carbocycles. The van der Waals surface area contributed by atoms with Gasteiger partial charge in [0.15, 0.2) is 0 Å². The predicted octanol–water partition coefficient (Wildman–Crippen LogP) is 2.32. The number of carboxylic acids is 1. The van der Waals surface area contributed by atoms with E-state index in [2.05, 4.69) is 12.2 Å². The fourth-order valence-electron chi connectivity index (χ4n) is 2.55. The van der Waals surface area contributed by atoms with Crippen LogP contribution >= 0.6 is 0 Å². The van der Waals surface area contributed by atoms with Gasteiger partial charge in [0.05, 0.1) is 0 Å². The molecule has 110 valence electrons. The first-order valence-corrected chi connectivity index (χ1v) is 7.12.